The lowest BCUT2D eigenvalue weighted by molar-refractivity contribution is -0.115. The van der Waals surface area contributed by atoms with Gasteiger partial charge in [-0.1, -0.05) is 29.3 Å². The van der Waals surface area contributed by atoms with Crippen LogP contribution < -0.4 is 10.6 Å². The molecule has 1 aromatic carbocycles. The van der Waals surface area contributed by atoms with E-state index in [0.29, 0.717) is 33.1 Å². The Balaban J connectivity index is 1.61. The van der Waals surface area contributed by atoms with Gasteiger partial charge in [-0.05, 0) is 62.5 Å². The minimum atomic E-state index is -0.425. The number of aromatic nitrogens is 2. The zero-order chi connectivity index (χ0) is 21.0. The summed E-state index contributed by atoms with van der Waals surface area (Å²) in [4.78, 5) is 20.5. The average molecular weight is 447 g/mol. The molecular formula is C20H16Cl2N4O2S. The van der Waals surface area contributed by atoms with Gasteiger partial charge >= 0.3 is 0 Å². The van der Waals surface area contributed by atoms with Crippen molar-refractivity contribution < 1.29 is 9.21 Å². The van der Waals surface area contributed by atoms with Gasteiger partial charge in [0.05, 0.1) is 10.0 Å². The molecule has 3 aromatic rings. The Bertz CT molecular complexity index is 1090. The Hall–Kier alpha value is -2.74. The van der Waals surface area contributed by atoms with Crippen LogP contribution in [0.3, 0.4) is 0 Å². The molecule has 0 radical (unpaired) electrons. The molecule has 0 aliphatic heterocycles. The number of halogens is 2. The Morgan fingerprint density at radius 2 is 1.86 bits per heavy atom. The van der Waals surface area contributed by atoms with E-state index in [0.717, 1.165) is 11.4 Å². The summed E-state index contributed by atoms with van der Waals surface area (Å²) in [5.41, 5.74) is 2.26. The highest BCUT2D eigenvalue weighted by Gasteiger charge is 2.10. The fraction of sp³-hybridized carbons (Fsp3) is 0.100. The molecule has 0 aliphatic carbocycles. The highest BCUT2D eigenvalue weighted by molar-refractivity contribution is 7.80. The third-order valence-electron chi connectivity index (χ3n) is 3.69. The van der Waals surface area contributed by atoms with Crippen molar-refractivity contribution in [3.8, 4) is 11.3 Å². The molecule has 2 N–H and O–H groups in total. The Labute approximate surface area is 183 Å². The van der Waals surface area contributed by atoms with Crippen LogP contribution in [0.25, 0.3) is 17.4 Å². The van der Waals surface area contributed by atoms with Gasteiger partial charge in [-0.2, -0.15) is 0 Å². The van der Waals surface area contributed by atoms with Gasteiger partial charge in [0.1, 0.15) is 11.5 Å². The van der Waals surface area contributed by atoms with E-state index < -0.39 is 5.91 Å². The maximum absolute atomic E-state index is 12.1. The molecule has 148 valence electrons. The van der Waals surface area contributed by atoms with Crippen LogP contribution in [-0.2, 0) is 4.79 Å². The number of rotatable bonds is 4. The lowest BCUT2D eigenvalue weighted by Crippen LogP contribution is -2.33. The SMILES string of the molecule is Cc1cc(C)nc(NC(=S)NC(=O)/C=C/c2ccc(-c3cccc(Cl)c3Cl)o2)n1. The third-order valence-corrected chi connectivity index (χ3v) is 4.71. The molecule has 1 amide bonds. The largest absolute Gasteiger partial charge is 0.457 e. The quantitative estimate of drug-likeness (QED) is 0.424. The van der Waals surface area contributed by atoms with E-state index in [1.165, 1.54) is 12.2 Å². The number of furan rings is 1. The van der Waals surface area contributed by atoms with Crippen molar-refractivity contribution in [3.63, 3.8) is 0 Å². The van der Waals surface area contributed by atoms with Gasteiger partial charge in [-0.3, -0.25) is 10.1 Å². The van der Waals surface area contributed by atoms with E-state index in [1.54, 1.807) is 30.3 Å². The number of aryl methyl sites for hydroxylation is 2. The molecule has 0 spiro atoms. The first kappa shape index (κ1) is 21.0. The van der Waals surface area contributed by atoms with Gasteiger partial charge in [-0.25, -0.2) is 9.97 Å². The van der Waals surface area contributed by atoms with Crippen molar-refractivity contribution in [1.82, 2.24) is 15.3 Å². The minimum absolute atomic E-state index is 0.0930. The molecule has 29 heavy (non-hydrogen) atoms. The van der Waals surface area contributed by atoms with E-state index >= 15 is 0 Å². The van der Waals surface area contributed by atoms with E-state index in [-0.39, 0.29) is 5.11 Å². The standard InChI is InChI=1S/C20H16Cl2N4O2S/c1-11-10-12(2)24-19(23-11)26-20(29)25-17(27)9-7-13-6-8-16(28-13)14-4-3-5-15(21)18(14)22/h3-10H,1-2H3,(H2,23,24,25,26,27,29)/b9-7+. The van der Waals surface area contributed by atoms with Crippen LogP contribution in [0.2, 0.25) is 10.0 Å². The molecule has 2 aromatic heterocycles. The molecule has 3 rings (SSSR count). The molecule has 0 fully saturated rings. The maximum atomic E-state index is 12.1. The summed E-state index contributed by atoms with van der Waals surface area (Å²) >= 11 is 17.3. The van der Waals surface area contributed by atoms with Crippen LogP contribution in [0.15, 0.2) is 46.9 Å². The predicted molar refractivity (Wildman–Crippen MR) is 119 cm³/mol. The number of thiocarbonyl (C=S) groups is 1. The molecule has 0 bridgehead atoms. The van der Waals surface area contributed by atoms with Crippen LogP contribution in [0.4, 0.5) is 5.95 Å². The number of amides is 1. The van der Waals surface area contributed by atoms with Crippen molar-refractivity contribution in [1.29, 1.82) is 0 Å². The summed E-state index contributed by atoms with van der Waals surface area (Å²) < 4.78 is 5.70. The molecule has 2 heterocycles. The molecule has 0 saturated heterocycles. The van der Waals surface area contributed by atoms with Crippen LogP contribution in [-0.4, -0.2) is 21.0 Å². The van der Waals surface area contributed by atoms with Crippen molar-refractivity contribution in [2.24, 2.45) is 0 Å². The number of hydrogen-bond acceptors (Lipinski definition) is 5. The van der Waals surface area contributed by atoms with Gasteiger partial charge < -0.3 is 9.73 Å². The van der Waals surface area contributed by atoms with Gasteiger partial charge in [-0.15, -0.1) is 0 Å². The Morgan fingerprint density at radius 1 is 1.14 bits per heavy atom. The number of carbonyl (C=O) groups excluding carboxylic acids is 1. The molecule has 6 nitrogen and oxygen atoms in total. The van der Waals surface area contributed by atoms with Crippen molar-refractivity contribution >= 4 is 58.5 Å². The number of hydrogen-bond donors (Lipinski definition) is 2. The van der Waals surface area contributed by atoms with Gasteiger partial charge in [0.25, 0.3) is 0 Å². The third kappa shape index (κ3) is 5.63. The highest BCUT2D eigenvalue weighted by atomic mass is 35.5. The smallest absolute Gasteiger partial charge is 0.250 e. The van der Waals surface area contributed by atoms with Crippen LogP contribution in [0.5, 0.6) is 0 Å². The van der Waals surface area contributed by atoms with Crippen LogP contribution in [0, 0.1) is 13.8 Å². The normalized spacial score (nSPS) is 10.9. The van der Waals surface area contributed by atoms with Gasteiger partial charge in [0.15, 0.2) is 5.11 Å². The fourth-order valence-electron chi connectivity index (χ4n) is 2.51. The lowest BCUT2D eigenvalue weighted by Gasteiger charge is -2.07. The van der Waals surface area contributed by atoms with Crippen molar-refractivity contribution in [3.05, 3.63) is 69.7 Å². The predicted octanol–water partition coefficient (Wildman–Crippen LogP) is 5.19. The van der Waals surface area contributed by atoms with Crippen LogP contribution in [0.1, 0.15) is 17.1 Å². The summed E-state index contributed by atoms with van der Waals surface area (Å²) in [5, 5.41) is 6.24. The molecular weight excluding hydrogens is 431 g/mol. The topological polar surface area (TPSA) is 80.0 Å². The first-order valence-electron chi connectivity index (χ1n) is 8.48. The molecule has 0 aliphatic rings. The van der Waals surface area contributed by atoms with Crippen molar-refractivity contribution in [2.45, 2.75) is 13.8 Å². The summed E-state index contributed by atoms with van der Waals surface area (Å²) in [6.45, 7) is 3.69. The zero-order valence-corrected chi connectivity index (χ0v) is 17.8. The summed E-state index contributed by atoms with van der Waals surface area (Å²) in [6.07, 6.45) is 2.83. The highest BCUT2D eigenvalue weighted by Crippen LogP contribution is 2.34. The first-order chi connectivity index (χ1) is 13.8. The molecule has 0 saturated carbocycles. The van der Waals surface area contributed by atoms with E-state index in [4.69, 9.17) is 39.8 Å². The maximum Gasteiger partial charge on any atom is 0.250 e. The summed E-state index contributed by atoms with van der Waals surface area (Å²) in [7, 11) is 0. The monoisotopic (exact) mass is 446 g/mol. The molecule has 0 atom stereocenters. The van der Waals surface area contributed by atoms with Gasteiger partial charge in [0.2, 0.25) is 11.9 Å². The molecule has 0 unspecified atom stereocenters. The average Bonchev–Trinajstić information content (AvgIpc) is 3.10. The second-order valence-corrected chi connectivity index (χ2v) is 7.25. The minimum Gasteiger partial charge on any atom is -0.457 e. The fourth-order valence-corrected chi connectivity index (χ4v) is 3.09. The molecule has 9 heteroatoms. The first-order valence-corrected chi connectivity index (χ1v) is 9.65. The lowest BCUT2D eigenvalue weighted by atomic mass is 10.2. The van der Waals surface area contributed by atoms with E-state index in [2.05, 4.69) is 20.6 Å². The Kier molecular flexibility index (Phi) is 6.64. The second-order valence-electron chi connectivity index (χ2n) is 6.05. The number of nitrogens with one attached hydrogen (secondary N) is 2. The van der Waals surface area contributed by atoms with E-state index in [1.807, 2.05) is 19.9 Å². The number of benzene rings is 1. The number of nitrogens with zero attached hydrogens (tertiary/aromatic N) is 2. The van der Waals surface area contributed by atoms with E-state index in [9.17, 15) is 4.79 Å². The number of carbonyl (C=O) groups is 1. The zero-order valence-electron chi connectivity index (χ0n) is 15.5. The second kappa shape index (κ2) is 9.17. The van der Waals surface area contributed by atoms with Crippen molar-refractivity contribution in [2.75, 3.05) is 5.32 Å². The van der Waals surface area contributed by atoms with Crippen LogP contribution >= 0.6 is 35.4 Å². The van der Waals surface area contributed by atoms with Gasteiger partial charge in [0, 0.05) is 23.0 Å². The summed E-state index contributed by atoms with van der Waals surface area (Å²) in [6, 6.07) is 10.6. The summed E-state index contributed by atoms with van der Waals surface area (Å²) in [5.74, 6) is 0.917. The Morgan fingerprint density at radius 3 is 2.59 bits per heavy atom. The number of anilines is 1.